The minimum absolute atomic E-state index is 0.0000699. The SMILES string of the molecule is Nc1cc(Br)ccc1S(=O)(=O)Cc1cc(Br)ccc1F. The van der Waals surface area contributed by atoms with E-state index in [9.17, 15) is 12.8 Å². The van der Waals surface area contributed by atoms with Crippen molar-refractivity contribution in [2.75, 3.05) is 5.73 Å². The molecule has 2 N–H and O–H groups in total. The Morgan fingerprint density at radius 1 is 1.05 bits per heavy atom. The monoisotopic (exact) mass is 421 g/mol. The smallest absolute Gasteiger partial charge is 0.184 e. The van der Waals surface area contributed by atoms with E-state index in [0.29, 0.717) is 8.95 Å². The number of nitrogen functional groups attached to an aromatic ring is 1. The maximum Gasteiger partial charge on any atom is 0.184 e. The van der Waals surface area contributed by atoms with Crippen LogP contribution in [-0.4, -0.2) is 8.42 Å². The molecule has 0 fully saturated rings. The highest BCUT2D eigenvalue weighted by Crippen LogP contribution is 2.27. The molecular weight excluding hydrogens is 413 g/mol. The summed E-state index contributed by atoms with van der Waals surface area (Å²) in [5.74, 6) is -1.00. The number of nitrogens with two attached hydrogens (primary N) is 1. The predicted octanol–water partition coefficient (Wildman–Crippen LogP) is 3.91. The Kier molecular flexibility index (Phi) is 4.51. The first kappa shape index (κ1) is 15.5. The van der Waals surface area contributed by atoms with Gasteiger partial charge in [0.2, 0.25) is 0 Å². The van der Waals surface area contributed by atoms with E-state index in [1.807, 2.05) is 0 Å². The van der Waals surface area contributed by atoms with E-state index < -0.39 is 21.4 Å². The molecule has 2 aromatic rings. The van der Waals surface area contributed by atoms with E-state index in [1.54, 1.807) is 6.07 Å². The van der Waals surface area contributed by atoms with Crippen LogP contribution in [0.3, 0.4) is 0 Å². The maximum atomic E-state index is 13.7. The second kappa shape index (κ2) is 5.83. The van der Waals surface area contributed by atoms with Crippen molar-refractivity contribution in [1.82, 2.24) is 0 Å². The largest absolute Gasteiger partial charge is 0.398 e. The number of benzene rings is 2. The van der Waals surface area contributed by atoms with Gasteiger partial charge in [0.1, 0.15) is 5.82 Å². The predicted molar refractivity (Wildman–Crippen MR) is 83.5 cm³/mol. The molecule has 0 aromatic heterocycles. The fourth-order valence-electron chi connectivity index (χ4n) is 1.74. The number of rotatable bonds is 3. The van der Waals surface area contributed by atoms with Crippen molar-refractivity contribution in [2.24, 2.45) is 0 Å². The van der Waals surface area contributed by atoms with Gasteiger partial charge in [0.25, 0.3) is 0 Å². The van der Waals surface area contributed by atoms with Crippen molar-refractivity contribution in [3.63, 3.8) is 0 Å². The molecule has 0 radical (unpaired) electrons. The molecule has 0 aliphatic heterocycles. The van der Waals surface area contributed by atoms with Crippen molar-refractivity contribution < 1.29 is 12.8 Å². The topological polar surface area (TPSA) is 60.2 Å². The van der Waals surface area contributed by atoms with Crippen LogP contribution in [0.1, 0.15) is 5.56 Å². The van der Waals surface area contributed by atoms with Gasteiger partial charge >= 0.3 is 0 Å². The van der Waals surface area contributed by atoms with Gasteiger partial charge in [-0.3, -0.25) is 0 Å². The Labute approximate surface area is 133 Å². The third kappa shape index (κ3) is 3.39. The third-order valence-corrected chi connectivity index (χ3v) is 5.38. The molecule has 0 aliphatic carbocycles. The summed E-state index contributed by atoms with van der Waals surface area (Å²) in [5.41, 5.74) is 5.95. The first-order valence-corrected chi connectivity index (χ1v) is 8.75. The summed E-state index contributed by atoms with van der Waals surface area (Å²) in [7, 11) is -3.71. The summed E-state index contributed by atoms with van der Waals surface area (Å²) in [4.78, 5) is 0.0000699. The van der Waals surface area contributed by atoms with Crippen LogP contribution in [0, 0.1) is 5.82 Å². The molecule has 0 bridgehead atoms. The van der Waals surface area contributed by atoms with E-state index in [4.69, 9.17) is 5.73 Å². The van der Waals surface area contributed by atoms with Gasteiger partial charge in [-0.2, -0.15) is 0 Å². The molecule has 0 aliphatic rings. The summed E-state index contributed by atoms with van der Waals surface area (Å²) >= 11 is 6.40. The van der Waals surface area contributed by atoms with Crippen LogP contribution in [0.2, 0.25) is 0 Å². The van der Waals surface area contributed by atoms with Crippen LogP contribution in [0.25, 0.3) is 0 Å². The Morgan fingerprint density at radius 2 is 1.65 bits per heavy atom. The number of sulfone groups is 1. The molecule has 0 heterocycles. The Hall–Kier alpha value is -0.920. The standard InChI is InChI=1S/C13H10Br2FNO2S/c14-9-1-3-11(16)8(5-9)7-20(18,19)13-4-2-10(15)6-12(13)17/h1-6H,7,17H2. The molecule has 106 valence electrons. The Balaban J connectivity index is 2.43. The normalized spacial score (nSPS) is 11.6. The second-order valence-electron chi connectivity index (χ2n) is 4.18. The van der Waals surface area contributed by atoms with Gasteiger partial charge in [0.15, 0.2) is 9.84 Å². The van der Waals surface area contributed by atoms with Gasteiger partial charge in [0.05, 0.1) is 16.3 Å². The van der Waals surface area contributed by atoms with Crippen molar-refractivity contribution in [3.8, 4) is 0 Å². The molecule has 7 heteroatoms. The first-order chi connectivity index (χ1) is 9.29. The Morgan fingerprint density at radius 3 is 2.30 bits per heavy atom. The van der Waals surface area contributed by atoms with Crippen LogP contribution in [0.4, 0.5) is 10.1 Å². The Bertz CT molecular complexity index is 763. The minimum atomic E-state index is -3.71. The highest BCUT2D eigenvalue weighted by molar-refractivity contribution is 9.10. The minimum Gasteiger partial charge on any atom is -0.398 e. The summed E-state index contributed by atoms with van der Waals surface area (Å²) in [5, 5.41) is 0. The van der Waals surface area contributed by atoms with Crippen LogP contribution in [-0.2, 0) is 15.6 Å². The molecule has 0 unspecified atom stereocenters. The molecule has 0 spiro atoms. The highest BCUT2D eigenvalue weighted by atomic mass is 79.9. The lowest BCUT2D eigenvalue weighted by Gasteiger charge is -2.09. The third-order valence-electron chi connectivity index (χ3n) is 2.66. The summed E-state index contributed by atoms with van der Waals surface area (Å²) in [6.45, 7) is 0. The van der Waals surface area contributed by atoms with Gasteiger partial charge in [-0.25, -0.2) is 12.8 Å². The average molecular weight is 423 g/mol. The van der Waals surface area contributed by atoms with Crippen molar-refractivity contribution in [1.29, 1.82) is 0 Å². The van der Waals surface area contributed by atoms with Gasteiger partial charge < -0.3 is 5.73 Å². The zero-order chi connectivity index (χ0) is 14.9. The summed E-state index contributed by atoms with van der Waals surface area (Å²) < 4.78 is 39.6. The van der Waals surface area contributed by atoms with Gasteiger partial charge in [-0.1, -0.05) is 31.9 Å². The lowest BCUT2D eigenvalue weighted by molar-refractivity contribution is 0.587. The van der Waals surface area contributed by atoms with Gasteiger partial charge in [-0.05, 0) is 36.4 Å². The van der Waals surface area contributed by atoms with E-state index >= 15 is 0 Å². The van der Waals surface area contributed by atoms with E-state index in [0.717, 1.165) is 0 Å². The maximum absolute atomic E-state index is 13.7. The molecule has 3 nitrogen and oxygen atoms in total. The number of anilines is 1. The van der Waals surface area contributed by atoms with E-state index in [2.05, 4.69) is 31.9 Å². The van der Waals surface area contributed by atoms with Crippen LogP contribution in [0.15, 0.2) is 50.2 Å². The lowest BCUT2D eigenvalue weighted by Crippen LogP contribution is -2.09. The number of hydrogen-bond acceptors (Lipinski definition) is 3. The fourth-order valence-corrected chi connectivity index (χ4v) is 4.01. The first-order valence-electron chi connectivity index (χ1n) is 5.51. The lowest BCUT2D eigenvalue weighted by atomic mass is 10.2. The number of hydrogen-bond donors (Lipinski definition) is 1. The van der Waals surface area contributed by atoms with Crippen LogP contribution in [0.5, 0.6) is 0 Å². The molecule has 0 saturated heterocycles. The van der Waals surface area contributed by atoms with E-state index in [-0.39, 0.29) is 16.1 Å². The molecular formula is C13H10Br2FNO2S. The molecule has 0 atom stereocenters. The number of halogens is 3. The summed E-state index contributed by atoms with van der Waals surface area (Å²) in [6, 6.07) is 8.68. The second-order valence-corrected chi connectivity index (χ2v) is 7.97. The zero-order valence-corrected chi connectivity index (χ0v) is 14.1. The van der Waals surface area contributed by atoms with Crippen molar-refractivity contribution >= 4 is 47.4 Å². The quantitative estimate of drug-likeness (QED) is 0.763. The van der Waals surface area contributed by atoms with Crippen molar-refractivity contribution in [3.05, 3.63) is 56.7 Å². The van der Waals surface area contributed by atoms with Crippen molar-refractivity contribution in [2.45, 2.75) is 10.6 Å². The molecule has 2 aromatic carbocycles. The molecule has 0 saturated carbocycles. The van der Waals surface area contributed by atoms with E-state index in [1.165, 1.54) is 30.3 Å². The van der Waals surface area contributed by atoms with Crippen LogP contribution >= 0.6 is 31.9 Å². The zero-order valence-electron chi connectivity index (χ0n) is 10.1. The van der Waals surface area contributed by atoms with Gasteiger partial charge in [-0.15, -0.1) is 0 Å². The summed E-state index contributed by atoms with van der Waals surface area (Å²) in [6.07, 6.45) is 0. The average Bonchev–Trinajstić information content (AvgIpc) is 2.33. The molecule has 20 heavy (non-hydrogen) atoms. The van der Waals surface area contributed by atoms with Gasteiger partial charge in [0, 0.05) is 14.5 Å². The molecule has 2 rings (SSSR count). The van der Waals surface area contributed by atoms with Crippen LogP contribution < -0.4 is 5.73 Å². The highest BCUT2D eigenvalue weighted by Gasteiger charge is 2.20. The fraction of sp³-hybridized carbons (Fsp3) is 0.0769. The molecule has 0 amide bonds.